The van der Waals surface area contributed by atoms with Gasteiger partial charge in [0.2, 0.25) is 10.0 Å². The van der Waals surface area contributed by atoms with Crippen LogP contribution in [0.25, 0.3) is 0 Å². The molecule has 0 amide bonds. The summed E-state index contributed by atoms with van der Waals surface area (Å²) >= 11 is 6.59. The SMILES string of the molecule is C[C@H](O)CNS(=O)(=O)c1ccc(Cl)s1. The summed E-state index contributed by atoms with van der Waals surface area (Å²) in [5.41, 5.74) is 0. The van der Waals surface area contributed by atoms with Gasteiger partial charge in [-0.3, -0.25) is 0 Å². The Balaban J connectivity index is 2.76. The fourth-order valence-electron chi connectivity index (χ4n) is 0.744. The van der Waals surface area contributed by atoms with E-state index in [1.165, 1.54) is 19.1 Å². The molecule has 4 nitrogen and oxygen atoms in total. The summed E-state index contributed by atoms with van der Waals surface area (Å²) in [6.07, 6.45) is -0.708. The Morgan fingerprint density at radius 1 is 1.64 bits per heavy atom. The van der Waals surface area contributed by atoms with Crippen LogP contribution in [-0.4, -0.2) is 26.2 Å². The predicted molar refractivity (Wildman–Crippen MR) is 56.2 cm³/mol. The topological polar surface area (TPSA) is 66.4 Å². The van der Waals surface area contributed by atoms with Crippen LogP contribution in [0.1, 0.15) is 6.92 Å². The molecule has 14 heavy (non-hydrogen) atoms. The Labute approximate surface area is 91.6 Å². The Hall–Kier alpha value is -0.140. The molecule has 0 bridgehead atoms. The predicted octanol–water partition coefficient (Wildman–Crippen LogP) is 1.06. The van der Waals surface area contributed by atoms with Gasteiger partial charge in [-0.15, -0.1) is 11.3 Å². The summed E-state index contributed by atoms with van der Waals surface area (Å²) < 4.78 is 25.8. The summed E-state index contributed by atoms with van der Waals surface area (Å²) in [7, 11) is -3.51. The third kappa shape index (κ3) is 3.21. The van der Waals surface area contributed by atoms with Crippen molar-refractivity contribution in [1.29, 1.82) is 0 Å². The van der Waals surface area contributed by atoms with Crippen molar-refractivity contribution in [3.8, 4) is 0 Å². The molecular formula is C7H10ClNO3S2. The van der Waals surface area contributed by atoms with Crippen LogP contribution in [0.15, 0.2) is 16.3 Å². The molecule has 80 valence electrons. The lowest BCUT2D eigenvalue weighted by molar-refractivity contribution is 0.198. The quantitative estimate of drug-likeness (QED) is 0.846. The normalized spacial score (nSPS) is 14.2. The highest BCUT2D eigenvalue weighted by molar-refractivity contribution is 7.91. The molecule has 0 radical (unpaired) electrons. The van der Waals surface area contributed by atoms with E-state index in [0.717, 1.165) is 11.3 Å². The third-order valence-corrected chi connectivity index (χ3v) is 4.53. The second-order valence-electron chi connectivity index (χ2n) is 2.76. The molecular weight excluding hydrogens is 246 g/mol. The Bertz CT molecular complexity index is 399. The lowest BCUT2D eigenvalue weighted by Gasteiger charge is -2.05. The molecule has 0 aromatic carbocycles. The van der Waals surface area contributed by atoms with Crippen molar-refractivity contribution in [3.63, 3.8) is 0 Å². The van der Waals surface area contributed by atoms with E-state index in [-0.39, 0.29) is 10.8 Å². The molecule has 1 heterocycles. The van der Waals surface area contributed by atoms with Gasteiger partial charge in [-0.25, -0.2) is 13.1 Å². The molecule has 7 heteroatoms. The van der Waals surface area contributed by atoms with Crippen LogP contribution in [-0.2, 0) is 10.0 Å². The number of thiophene rings is 1. The zero-order valence-corrected chi connectivity index (χ0v) is 9.79. The van der Waals surface area contributed by atoms with Gasteiger partial charge in [0.05, 0.1) is 10.4 Å². The largest absolute Gasteiger partial charge is 0.392 e. The van der Waals surface area contributed by atoms with Gasteiger partial charge in [-0.05, 0) is 19.1 Å². The highest BCUT2D eigenvalue weighted by Crippen LogP contribution is 2.25. The maximum Gasteiger partial charge on any atom is 0.250 e. The lowest BCUT2D eigenvalue weighted by atomic mass is 10.4. The van der Waals surface area contributed by atoms with Crippen molar-refractivity contribution in [1.82, 2.24) is 4.72 Å². The average molecular weight is 256 g/mol. The van der Waals surface area contributed by atoms with E-state index >= 15 is 0 Å². The number of hydrogen-bond acceptors (Lipinski definition) is 4. The first-order valence-corrected chi connectivity index (χ1v) is 6.52. The first kappa shape index (κ1) is 11.9. The first-order valence-electron chi connectivity index (χ1n) is 3.85. The maximum absolute atomic E-state index is 11.5. The summed E-state index contributed by atoms with van der Waals surface area (Å²) in [6, 6.07) is 2.94. The molecule has 1 rings (SSSR count). The van der Waals surface area contributed by atoms with Crippen molar-refractivity contribution in [2.75, 3.05) is 6.54 Å². The van der Waals surface area contributed by atoms with E-state index in [1.807, 2.05) is 0 Å². The Morgan fingerprint density at radius 3 is 2.71 bits per heavy atom. The molecule has 0 saturated carbocycles. The molecule has 1 atom stereocenters. The van der Waals surface area contributed by atoms with Gasteiger partial charge in [-0.2, -0.15) is 0 Å². The maximum atomic E-state index is 11.5. The molecule has 0 spiro atoms. The van der Waals surface area contributed by atoms with Crippen molar-refractivity contribution in [3.05, 3.63) is 16.5 Å². The number of rotatable bonds is 4. The zero-order chi connectivity index (χ0) is 10.8. The third-order valence-electron chi connectivity index (χ3n) is 1.38. The fourth-order valence-corrected chi connectivity index (χ4v) is 3.39. The minimum atomic E-state index is -3.51. The molecule has 0 aliphatic carbocycles. The van der Waals surface area contributed by atoms with Crippen LogP contribution in [0.3, 0.4) is 0 Å². The van der Waals surface area contributed by atoms with E-state index in [0.29, 0.717) is 4.34 Å². The molecule has 0 fully saturated rings. The highest BCUT2D eigenvalue weighted by atomic mass is 35.5. The summed E-state index contributed by atoms with van der Waals surface area (Å²) in [5.74, 6) is 0. The summed E-state index contributed by atoms with van der Waals surface area (Å²) in [5, 5.41) is 8.92. The second-order valence-corrected chi connectivity index (χ2v) is 6.47. The van der Waals surface area contributed by atoms with Crippen LogP contribution >= 0.6 is 22.9 Å². The van der Waals surface area contributed by atoms with Gasteiger partial charge >= 0.3 is 0 Å². The van der Waals surface area contributed by atoms with E-state index in [9.17, 15) is 8.42 Å². The number of hydrogen-bond donors (Lipinski definition) is 2. The first-order chi connectivity index (χ1) is 6.42. The summed E-state index contributed by atoms with van der Waals surface area (Å²) in [4.78, 5) is 0. The lowest BCUT2D eigenvalue weighted by Crippen LogP contribution is -2.30. The van der Waals surface area contributed by atoms with Crippen LogP contribution in [0, 0.1) is 0 Å². The zero-order valence-electron chi connectivity index (χ0n) is 7.40. The molecule has 0 unspecified atom stereocenters. The summed E-state index contributed by atoms with van der Waals surface area (Å²) in [6.45, 7) is 1.50. The monoisotopic (exact) mass is 255 g/mol. The van der Waals surface area contributed by atoms with E-state index in [4.69, 9.17) is 16.7 Å². The van der Waals surface area contributed by atoms with E-state index < -0.39 is 16.1 Å². The second kappa shape index (κ2) is 4.59. The fraction of sp³-hybridized carbons (Fsp3) is 0.429. The van der Waals surface area contributed by atoms with Gasteiger partial charge in [0.25, 0.3) is 0 Å². The number of sulfonamides is 1. The van der Waals surface area contributed by atoms with Gasteiger partial charge in [0.1, 0.15) is 4.21 Å². The Morgan fingerprint density at radius 2 is 2.29 bits per heavy atom. The minimum absolute atomic E-state index is 0.00213. The number of nitrogens with one attached hydrogen (secondary N) is 1. The van der Waals surface area contributed by atoms with Crippen LogP contribution in [0.2, 0.25) is 4.34 Å². The van der Waals surface area contributed by atoms with Gasteiger partial charge in [0, 0.05) is 6.54 Å². The molecule has 2 N–H and O–H groups in total. The van der Waals surface area contributed by atoms with Crippen molar-refractivity contribution in [2.24, 2.45) is 0 Å². The molecule has 0 aliphatic heterocycles. The number of aliphatic hydroxyl groups is 1. The average Bonchev–Trinajstić information content (AvgIpc) is 2.49. The standard InChI is InChI=1S/C7H10ClNO3S2/c1-5(10)4-9-14(11,12)7-3-2-6(8)13-7/h2-3,5,9-10H,4H2,1H3/t5-/m0/s1. The highest BCUT2D eigenvalue weighted by Gasteiger charge is 2.16. The number of halogens is 1. The van der Waals surface area contributed by atoms with Gasteiger partial charge in [-0.1, -0.05) is 11.6 Å². The van der Waals surface area contributed by atoms with Gasteiger partial charge < -0.3 is 5.11 Å². The van der Waals surface area contributed by atoms with E-state index in [1.54, 1.807) is 0 Å². The smallest absolute Gasteiger partial charge is 0.250 e. The molecule has 0 aliphatic rings. The number of aliphatic hydroxyl groups excluding tert-OH is 1. The van der Waals surface area contributed by atoms with Gasteiger partial charge in [0.15, 0.2) is 0 Å². The Kier molecular flexibility index (Phi) is 3.91. The van der Waals surface area contributed by atoms with Crippen molar-refractivity contribution in [2.45, 2.75) is 17.2 Å². The minimum Gasteiger partial charge on any atom is -0.392 e. The van der Waals surface area contributed by atoms with Crippen molar-refractivity contribution >= 4 is 33.0 Å². The van der Waals surface area contributed by atoms with Crippen LogP contribution in [0.5, 0.6) is 0 Å². The van der Waals surface area contributed by atoms with Crippen LogP contribution in [0.4, 0.5) is 0 Å². The molecule has 0 saturated heterocycles. The van der Waals surface area contributed by atoms with Crippen molar-refractivity contribution < 1.29 is 13.5 Å². The molecule has 1 aromatic heterocycles. The molecule has 1 aromatic rings. The van der Waals surface area contributed by atoms with E-state index in [2.05, 4.69) is 4.72 Å². The van der Waals surface area contributed by atoms with Crippen LogP contribution < -0.4 is 4.72 Å².